The Bertz CT molecular complexity index is 348. The van der Waals surface area contributed by atoms with Crippen molar-refractivity contribution >= 4 is 5.69 Å². The van der Waals surface area contributed by atoms with Gasteiger partial charge in [0.1, 0.15) is 0 Å². The van der Waals surface area contributed by atoms with Crippen molar-refractivity contribution in [3.05, 3.63) is 29.8 Å². The van der Waals surface area contributed by atoms with Crippen LogP contribution in [0, 0.1) is 5.41 Å². The molecule has 1 atom stereocenters. The summed E-state index contributed by atoms with van der Waals surface area (Å²) in [5, 5.41) is 3.35. The first-order chi connectivity index (χ1) is 8.36. The van der Waals surface area contributed by atoms with E-state index in [0.717, 1.165) is 13.1 Å². The van der Waals surface area contributed by atoms with E-state index in [1.54, 1.807) is 0 Å². The normalized spacial score (nSPS) is 13.4. The molecule has 102 valence electrons. The number of benzene rings is 1. The maximum atomic E-state index is 3.35. The Morgan fingerprint density at radius 1 is 1.17 bits per heavy atom. The Kier molecular flexibility index (Phi) is 5.21. The number of nitrogens with one attached hydrogen (secondary N) is 1. The average Bonchev–Trinajstić information content (AvgIpc) is 2.34. The highest BCUT2D eigenvalue weighted by molar-refractivity contribution is 5.48. The zero-order chi connectivity index (χ0) is 13.8. The zero-order valence-corrected chi connectivity index (χ0v) is 12.7. The van der Waals surface area contributed by atoms with Gasteiger partial charge in [-0.2, -0.15) is 0 Å². The maximum Gasteiger partial charge on any atom is 0.0366 e. The predicted molar refractivity (Wildman–Crippen MR) is 81.1 cm³/mol. The third-order valence-electron chi connectivity index (χ3n) is 3.76. The Morgan fingerprint density at radius 2 is 1.72 bits per heavy atom. The lowest BCUT2D eigenvalue weighted by atomic mass is 9.87. The number of hydrogen-bond donors (Lipinski definition) is 1. The second-order valence-electron chi connectivity index (χ2n) is 6.10. The van der Waals surface area contributed by atoms with Crippen LogP contribution in [0.5, 0.6) is 0 Å². The van der Waals surface area contributed by atoms with E-state index in [2.05, 4.69) is 76.1 Å². The molecule has 0 aliphatic rings. The van der Waals surface area contributed by atoms with Crippen molar-refractivity contribution in [2.45, 2.75) is 47.2 Å². The molecule has 1 unspecified atom stereocenters. The summed E-state index contributed by atoms with van der Waals surface area (Å²) < 4.78 is 0. The molecule has 0 saturated heterocycles. The Morgan fingerprint density at radius 3 is 2.17 bits per heavy atom. The summed E-state index contributed by atoms with van der Waals surface area (Å²) in [5.41, 5.74) is 2.92. The van der Waals surface area contributed by atoms with Crippen molar-refractivity contribution in [2.24, 2.45) is 5.41 Å². The summed E-state index contributed by atoms with van der Waals surface area (Å²) in [6.07, 6.45) is 0. The van der Waals surface area contributed by atoms with Crippen LogP contribution >= 0.6 is 0 Å². The molecule has 2 nitrogen and oxygen atoms in total. The molecule has 0 heterocycles. The zero-order valence-electron chi connectivity index (χ0n) is 12.7. The van der Waals surface area contributed by atoms with Crippen molar-refractivity contribution in [3.63, 3.8) is 0 Å². The smallest absolute Gasteiger partial charge is 0.0366 e. The van der Waals surface area contributed by atoms with Gasteiger partial charge in [-0.15, -0.1) is 0 Å². The van der Waals surface area contributed by atoms with Gasteiger partial charge in [-0.05, 0) is 36.6 Å². The van der Waals surface area contributed by atoms with Crippen LogP contribution in [0.3, 0.4) is 0 Å². The molecule has 0 aromatic heterocycles. The van der Waals surface area contributed by atoms with Gasteiger partial charge in [0.15, 0.2) is 0 Å². The fraction of sp³-hybridized carbons (Fsp3) is 0.625. The van der Waals surface area contributed by atoms with Gasteiger partial charge in [0, 0.05) is 25.3 Å². The van der Waals surface area contributed by atoms with Crippen molar-refractivity contribution in [3.8, 4) is 0 Å². The molecule has 0 fully saturated rings. The lowest BCUT2D eigenvalue weighted by molar-refractivity contribution is 0.330. The van der Waals surface area contributed by atoms with Crippen LogP contribution in [0.2, 0.25) is 0 Å². The first kappa shape index (κ1) is 15.0. The minimum absolute atomic E-state index is 0.289. The molecule has 1 N–H and O–H groups in total. The summed E-state index contributed by atoms with van der Waals surface area (Å²) in [6, 6.07) is 9.37. The first-order valence-corrected chi connectivity index (χ1v) is 6.88. The van der Waals surface area contributed by atoms with Crippen LogP contribution in [-0.4, -0.2) is 19.6 Å². The highest BCUT2D eigenvalue weighted by Gasteiger charge is 2.23. The molecular weight excluding hydrogens is 220 g/mol. The first-order valence-electron chi connectivity index (χ1n) is 6.88. The van der Waals surface area contributed by atoms with E-state index in [4.69, 9.17) is 0 Å². The Hall–Kier alpha value is -1.02. The Balaban J connectivity index is 2.72. The molecule has 18 heavy (non-hydrogen) atoms. The quantitative estimate of drug-likeness (QED) is 0.855. The van der Waals surface area contributed by atoms with Gasteiger partial charge in [0.2, 0.25) is 0 Å². The van der Waals surface area contributed by atoms with E-state index in [9.17, 15) is 0 Å². The van der Waals surface area contributed by atoms with Crippen LogP contribution in [0.15, 0.2) is 24.3 Å². The van der Waals surface area contributed by atoms with E-state index >= 15 is 0 Å². The largest absolute Gasteiger partial charge is 0.371 e. The molecule has 1 aromatic carbocycles. The van der Waals surface area contributed by atoms with E-state index in [1.165, 1.54) is 11.3 Å². The van der Waals surface area contributed by atoms with Gasteiger partial charge in [-0.1, -0.05) is 39.8 Å². The van der Waals surface area contributed by atoms with Gasteiger partial charge >= 0.3 is 0 Å². The van der Waals surface area contributed by atoms with Crippen LogP contribution in [0.4, 0.5) is 5.69 Å². The highest BCUT2D eigenvalue weighted by atomic mass is 15.1. The molecule has 0 spiro atoms. The van der Waals surface area contributed by atoms with Gasteiger partial charge in [0.05, 0.1) is 0 Å². The van der Waals surface area contributed by atoms with E-state index in [0.29, 0.717) is 6.04 Å². The Labute approximate surface area is 112 Å². The predicted octanol–water partition coefficient (Wildman–Crippen LogP) is 3.67. The monoisotopic (exact) mass is 248 g/mol. The fourth-order valence-corrected chi connectivity index (χ4v) is 1.92. The summed E-state index contributed by atoms with van der Waals surface area (Å²) in [4.78, 5) is 2.36. The molecule has 1 rings (SSSR count). The maximum absolute atomic E-state index is 3.35. The molecule has 0 aliphatic carbocycles. The van der Waals surface area contributed by atoms with Crippen LogP contribution in [0.25, 0.3) is 0 Å². The third kappa shape index (κ3) is 4.02. The van der Waals surface area contributed by atoms with Crippen molar-refractivity contribution in [1.29, 1.82) is 0 Å². The minimum atomic E-state index is 0.289. The molecule has 2 heteroatoms. The molecule has 1 aromatic rings. The lowest BCUT2D eigenvalue weighted by Crippen LogP contribution is -2.39. The summed E-state index contributed by atoms with van der Waals surface area (Å²) in [5.74, 6) is 0. The number of rotatable bonds is 5. The second-order valence-corrected chi connectivity index (χ2v) is 6.10. The number of hydrogen-bond acceptors (Lipinski definition) is 2. The fourth-order valence-electron chi connectivity index (χ4n) is 1.92. The van der Waals surface area contributed by atoms with E-state index in [1.807, 2.05) is 0 Å². The number of anilines is 1. The average molecular weight is 248 g/mol. The standard InChI is InChI=1S/C16H28N2/c1-7-17-12-14-8-10-15(11-9-14)18(6)13(2)16(3,4)5/h8-11,13,17H,7,12H2,1-6H3. The minimum Gasteiger partial charge on any atom is -0.371 e. The summed E-state index contributed by atoms with van der Waals surface area (Å²) in [7, 11) is 2.18. The number of nitrogens with zero attached hydrogens (tertiary/aromatic N) is 1. The van der Waals surface area contributed by atoms with Crippen molar-refractivity contribution in [1.82, 2.24) is 5.32 Å². The summed E-state index contributed by atoms with van der Waals surface area (Å²) in [6.45, 7) is 13.2. The van der Waals surface area contributed by atoms with Crippen LogP contribution < -0.4 is 10.2 Å². The molecule has 0 radical (unpaired) electrons. The van der Waals surface area contributed by atoms with Gasteiger partial charge < -0.3 is 10.2 Å². The van der Waals surface area contributed by atoms with Gasteiger partial charge in [-0.3, -0.25) is 0 Å². The second kappa shape index (κ2) is 6.24. The molecular formula is C16H28N2. The molecule has 0 bridgehead atoms. The van der Waals surface area contributed by atoms with Crippen molar-refractivity contribution in [2.75, 3.05) is 18.5 Å². The van der Waals surface area contributed by atoms with Crippen LogP contribution in [-0.2, 0) is 6.54 Å². The SMILES string of the molecule is CCNCc1ccc(N(C)C(C)C(C)(C)C)cc1. The van der Waals surface area contributed by atoms with E-state index < -0.39 is 0 Å². The van der Waals surface area contributed by atoms with Crippen LogP contribution in [0.1, 0.15) is 40.2 Å². The van der Waals surface area contributed by atoms with Crippen molar-refractivity contribution < 1.29 is 0 Å². The van der Waals surface area contributed by atoms with Gasteiger partial charge in [0.25, 0.3) is 0 Å². The topological polar surface area (TPSA) is 15.3 Å². The lowest BCUT2D eigenvalue weighted by Gasteiger charge is -2.37. The molecule has 0 aliphatic heterocycles. The summed E-state index contributed by atoms with van der Waals surface area (Å²) >= 11 is 0. The highest BCUT2D eigenvalue weighted by Crippen LogP contribution is 2.27. The molecule has 0 saturated carbocycles. The van der Waals surface area contributed by atoms with E-state index in [-0.39, 0.29) is 5.41 Å². The molecule has 0 amide bonds. The van der Waals surface area contributed by atoms with Gasteiger partial charge in [-0.25, -0.2) is 0 Å². The third-order valence-corrected chi connectivity index (χ3v) is 3.76.